The Labute approximate surface area is 128 Å². The molecule has 0 aliphatic heterocycles. The van der Waals surface area contributed by atoms with Gasteiger partial charge in [-0.25, -0.2) is 9.67 Å². The lowest BCUT2D eigenvalue weighted by Gasteiger charge is -2.18. The van der Waals surface area contributed by atoms with Gasteiger partial charge in [0.1, 0.15) is 5.82 Å². The Bertz CT molecular complexity index is 732. The summed E-state index contributed by atoms with van der Waals surface area (Å²) in [6, 6.07) is 7.65. The van der Waals surface area contributed by atoms with E-state index in [1.165, 1.54) is 0 Å². The van der Waals surface area contributed by atoms with Crippen molar-refractivity contribution in [1.82, 2.24) is 19.3 Å². The van der Waals surface area contributed by atoms with E-state index in [4.69, 9.17) is 11.6 Å². The fourth-order valence-corrected chi connectivity index (χ4v) is 2.50. The van der Waals surface area contributed by atoms with Gasteiger partial charge in [0.2, 0.25) is 0 Å². The Morgan fingerprint density at radius 2 is 2.10 bits per heavy atom. The van der Waals surface area contributed by atoms with E-state index in [2.05, 4.69) is 22.3 Å². The number of halogens is 1. The number of aryl methyl sites for hydroxylation is 1. The summed E-state index contributed by atoms with van der Waals surface area (Å²) in [4.78, 5) is 4.37. The zero-order valence-corrected chi connectivity index (χ0v) is 12.6. The van der Waals surface area contributed by atoms with E-state index in [0.717, 1.165) is 17.2 Å². The number of hydrogen-bond acceptors (Lipinski definition) is 3. The summed E-state index contributed by atoms with van der Waals surface area (Å²) in [5, 5.41) is 8.41. The molecule has 2 heterocycles. The number of aromatic nitrogens is 4. The molecule has 0 aliphatic rings. The van der Waals surface area contributed by atoms with Crippen LogP contribution in [-0.2, 0) is 7.05 Å². The molecule has 0 spiro atoms. The summed E-state index contributed by atoms with van der Waals surface area (Å²) in [6.45, 7) is 2.07. The summed E-state index contributed by atoms with van der Waals surface area (Å²) in [6.07, 6.45) is 7.38. The second-order valence-electron chi connectivity index (χ2n) is 4.87. The molecule has 5 nitrogen and oxygen atoms in total. The Hall–Kier alpha value is -2.27. The maximum atomic E-state index is 6.13. The van der Waals surface area contributed by atoms with Crippen molar-refractivity contribution in [2.45, 2.75) is 13.0 Å². The summed E-state index contributed by atoms with van der Waals surface area (Å²) in [5.74, 6) is 0.960. The molecule has 0 fully saturated rings. The minimum absolute atomic E-state index is 0.0535. The molecule has 1 N–H and O–H groups in total. The van der Waals surface area contributed by atoms with Gasteiger partial charge in [0.25, 0.3) is 0 Å². The molecular weight excluding hydrogens is 286 g/mol. The van der Waals surface area contributed by atoms with Gasteiger partial charge in [0.05, 0.1) is 17.4 Å². The Morgan fingerprint density at radius 1 is 1.24 bits per heavy atom. The van der Waals surface area contributed by atoms with Crippen molar-refractivity contribution in [2.75, 3.05) is 5.32 Å². The van der Waals surface area contributed by atoms with Crippen LogP contribution in [0.25, 0.3) is 5.69 Å². The van der Waals surface area contributed by atoms with E-state index in [1.807, 2.05) is 53.0 Å². The van der Waals surface area contributed by atoms with Crippen molar-refractivity contribution in [2.24, 2.45) is 7.05 Å². The molecule has 6 heteroatoms. The van der Waals surface area contributed by atoms with Crippen LogP contribution in [0.2, 0.25) is 5.02 Å². The highest BCUT2D eigenvalue weighted by molar-refractivity contribution is 6.31. The smallest absolute Gasteiger partial charge is 0.130 e. The summed E-state index contributed by atoms with van der Waals surface area (Å²) in [5.41, 5.74) is 1.87. The fourth-order valence-electron chi connectivity index (χ4n) is 2.33. The second kappa shape index (κ2) is 5.61. The molecule has 3 rings (SSSR count). The average molecular weight is 302 g/mol. The van der Waals surface area contributed by atoms with Crippen molar-refractivity contribution in [3.05, 3.63) is 59.9 Å². The minimum Gasteiger partial charge on any atom is -0.374 e. The first-order valence-corrected chi connectivity index (χ1v) is 7.06. The van der Waals surface area contributed by atoms with Crippen molar-refractivity contribution in [3.63, 3.8) is 0 Å². The van der Waals surface area contributed by atoms with Crippen LogP contribution in [-0.4, -0.2) is 19.3 Å². The van der Waals surface area contributed by atoms with Gasteiger partial charge in [0.15, 0.2) is 0 Å². The Morgan fingerprint density at radius 3 is 2.76 bits per heavy atom. The van der Waals surface area contributed by atoms with E-state index < -0.39 is 0 Å². The molecule has 0 radical (unpaired) electrons. The molecule has 0 aliphatic carbocycles. The van der Waals surface area contributed by atoms with Gasteiger partial charge < -0.3 is 9.88 Å². The number of hydrogen-bond donors (Lipinski definition) is 1. The van der Waals surface area contributed by atoms with Gasteiger partial charge in [-0.2, -0.15) is 5.10 Å². The highest BCUT2D eigenvalue weighted by Crippen LogP contribution is 2.27. The highest BCUT2D eigenvalue weighted by atomic mass is 35.5. The zero-order valence-electron chi connectivity index (χ0n) is 11.9. The topological polar surface area (TPSA) is 47.7 Å². The quantitative estimate of drug-likeness (QED) is 0.803. The molecular formula is C15H16ClN5. The third-order valence-corrected chi connectivity index (χ3v) is 3.56. The van der Waals surface area contributed by atoms with E-state index in [9.17, 15) is 0 Å². The molecule has 108 valence electrons. The SMILES string of the molecule is CC(Nc1cc(Cl)ccc1-n1cccn1)c1nccn1C. The molecule has 0 saturated heterocycles. The maximum Gasteiger partial charge on any atom is 0.130 e. The van der Waals surface area contributed by atoms with Gasteiger partial charge in [-0.3, -0.25) is 0 Å². The van der Waals surface area contributed by atoms with Crippen molar-refractivity contribution in [1.29, 1.82) is 0 Å². The van der Waals surface area contributed by atoms with Gasteiger partial charge in [-0.05, 0) is 31.2 Å². The van der Waals surface area contributed by atoms with Crippen LogP contribution in [0.3, 0.4) is 0 Å². The van der Waals surface area contributed by atoms with Crippen LogP contribution in [0.4, 0.5) is 5.69 Å². The van der Waals surface area contributed by atoms with E-state index in [0.29, 0.717) is 5.02 Å². The number of anilines is 1. The molecule has 1 aromatic carbocycles. The number of rotatable bonds is 4. The first-order chi connectivity index (χ1) is 10.1. The third kappa shape index (κ3) is 2.78. The summed E-state index contributed by atoms with van der Waals surface area (Å²) >= 11 is 6.13. The highest BCUT2D eigenvalue weighted by Gasteiger charge is 2.13. The fraction of sp³-hybridized carbons (Fsp3) is 0.200. The number of nitrogens with one attached hydrogen (secondary N) is 1. The predicted octanol–water partition coefficient (Wildman–Crippen LogP) is 3.43. The molecule has 21 heavy (non-hydrogen) atoms. The monoisotopic (exact) mass is 301 g/mol. The largest absolute Gasteiger partial charge is 0.374 e. The summed E-state index contributed by atoms with van der Waals surface area (Å²) in [7, 11) is 1.98. The first kappa shape index (κ1) is 13.7. The predicted molar refractivity (Wildman–Crippen MR) is 83.8 cm³/mol. The molecule has 3 aromatic rings. The average Bonchev–Trinajstić information content (AvgIpc) is 3.10. The second-order valence-corrected chi connectivity index (χ2v) is 5.31. The van der Waals surface area contributed by atoms with Crippen LogP contribution in [0.15, 0.2) is 49.1 Å². The molecule has 0 saturated carbocycles. The third-order valence-electron chi connectivity index (χ3n) is 3.33. The number of imidazole rings is 1. The Kier molecular flexibility index (Phi) is 3.66. The molecule has 1 atom stereocenters. The molecule has 0 bridgehead atoms. The van der Waals surface area contributed by atoms with Crippen LogP contribution in [0.5, 0.6) is 0 Å². The van der Waals surface area contributed by atoms with Gasteiger partial charge >= 0.3 is 0 Å². The standard InChI is InChI=1S/C15H16ClN5/c1-11(15-17-7-9-20(15)2)19-13-10-12(16)4-5-14(13)21-8-3-6-18-21/h3-11,19H,1-2H3. The van der Waals surface area contributed by atoms with E-state index in [1.54, 1.807) is 12.4 Å². The minimum atomic E-state index is 0.0535. The summed E-state index contributed by atoms with van der Waals surface area (Å²) < 4.78 is 3.81. The Balaban J connectivity index is 1.95. The lowest BCUT2D eigenvalue weighted by atomic mass is 10.2. The molecule has 2 aromatic heterocycles. The van der Waals surface area contributed by atoms with E-state index >= 15 is 0 Å². The van der Waals surface area contributed by atoms with Gasteiger partial charge in [0, 0.05) is 36.9 Å². The van der Waals surface area contributed by atoms with Crippen molar-refractivity contribution >= 4 is 17.3 Å². The first-order valence-electron chi connectivity index (χ1n) is 6.68. The van der Waals surface area contributed by atoms with Crippen LogP contribution in [0, 0.1) is 0 Å². The normalized spacial score (nSPS) is 12.3. The van der Waals surface area contributed by atoms with Crippen molar-refractivity contribution < 1.29 is 0 Å². The van der Waals surface area contributed by atoms with Gasteiger partial charge in [-0.15, -0.1) is 0 Å². The van der Waals surface area contributed by atoms with Crippen LogP contribution < -0.4 is 5.32 Å². The van der Waals surface area contributed by atoms with Gasteiger partial charge in [-0.1, -0.05) is 11.6 Å². The van der Waals surface area contributed by atoms with Crippen LogP contribution >= 0.6 is 11.6 Å². The van der Waals surface area contributed by atoms with Crippen LogP contribution in [0.1, 0.15) is 18.8 Å². The number of nitrogens with zero attached hydrogens (tertiary/aromatic N) is 4. The lowest BCUT2D eigenvalue weighted by Crippen LogP contribution is -2.13. The molecule has 0 amide bonds. The zero-order chi connectivity index (χ0) is 14.8. The van der Waals surface area contributed by atoms with Crippen molar-refractivity contribution in [3.8, 4) is 5.69 Å². The van der Waals surface area contributed by atoms with E-state index in [-0.39, 0.29) is 6.04 Å². The lowest BCUT2D eigenvalue weighted by molar-refractivity contribution is 0.720. The molecule has 1 unspecified atom stereocenters. The number of benzene rings is 1. The maximum absolute atomic E-state index is 6.13.